The molecule has 0 aliphatic rings. The zero-order valence-electron chi connectivity index (χ0n) is 15.7. The first-order valence-electron chi connectivity index (χ1n) is 9.65. The zero-order chi connectivity index (χ0) is 16.1. The highest BCUT2D eigenvalue weighted by Crippen LogP contribution is 2.19. The van der Waals surface area contributed by atoms with Crippen LogP contribution in [-0.2, 0) is 6.54 Å². The van der Waals surface area contributed by atoms with Crippen molar-refractivity contribution in [2.75, 3.05) is 19.6 Å². The lowest BCUT2D eigenvalue weighted by atomic mass is 10.1. The van der Waals surface area contributed by atoms with Gasteiger partial charge in [-0.2, -0.15) is 0 Å². The Kier molecular flexibility index (Phi) is 13.5. The first-order chi connectivity index (χ1) is 10.8. The molecule has 0 spiro atoms. The fraction of sp³-hybridized carbons (Fsp3) is 0.714. The molecule has 1 aromatic rings. The van der Waals surface area contributed by atoms with Crippen LogP contribution in [0.3, 0.4) is 0 Å². The molecule has 0 N–H and O–H groups in total. The number of benzene rings is 1. The summed E-state index contributed by atoms with van der Waals surface area (Å²) in [6.45, 7) is 12.2. The van der Waals surface area contributed by atoms with E-state index in [0.717, 1.165) is 0 Å². The standard InChI is InChI=1S/C21H38N.ClH/c1-4-7-8-9-10-14-19-22(17-5-2,18-6-3)20-21-15-12-11-13-16-21;/h11-13,15-16H,4-10,14,17-20H2,1-3H3;1H/q+1;/p-1. The Morgan fingerprint density at radius 2 is 1.22 bits per heavy atom. The minimum atomic E-state index is 0. The molecule has 0 amide bonds. The van der Waals surface area contributed by atoms with Crippen molar-refractivity contribution in [1.82, 2.24) is 0 Å². The Bertz CT molecular complexity index is 357. The fourth-order valence-electron chi connectivity index (χ4n) is 3.72. The first-order valence-corrected chi connectivity index (χ1v) is 9.65. The minimum Gasteiger partial charge on any atom is -1.00 e. The SMILES string of the molecule is CCCCCCCC[N+](CCC)(CCC)Cc1ccccc1.[Cl-]. The Labute approximate surface area is 151 Å². The second-order valence-corrected chi connectivity index (χ2v) is 6.92. The van der Waals surface area contributed by atoms with Crippen LogP contribution >= 0.6 is 0 Å². The van der Waals surface area contributed by atoms with Crippen LogP contribution in [0.15, 0.2) is 30.3 Å². The highest BCUT2D eigenvalue weighted by Gasteiger charge is 2.25. The van der Waals surface area contributed by atoms with Gasteiger partial charge in [-0.15, -0.1) is 0 Å². The van der Waals surface area contributed by atoms with E-state index in [1.54, 1.807) is 0 Å². The number of rotatable bonds is 13. The van der Waals surface area contributed by atoms with Crippen molar-refractivity contribution in [3.63, 3.8) is 0 Å². The Morgan fingerprint density at radius 1 is 0.652 bits per heavy atom. The summed E-state index contributed by atoms with van der Waals surface area (Å²) in [7, 11) is 0. The average molecular weight is 340 g/mol. The molecule has 1 nitrogen and oxygen atoms in total. The Balaban J connectivity index is 0.00000484. The van der Waals surface area contributed by atoms with Gasteiger partial charge in [-0.3, -0.25) is 0 Å². The summed E-state index contributed by atoms with van der Waals surface area (Å²) in [4.78, 5) is 0. The lowest BCUT2D eigenvalue weighted by molar-refractivity contribution is -0.941. The maximum absolute atomic E-state index is 2.34. The van der Waals surface area contributed by atoms with E-state index in [2.05, 4.69) is 51.1 Å². The molecular weight excluding hydrogens is 302 g/mol. The highest BCUT2D eigenvalue weighted by molar-refractivity contribution is 5.13. The van der Waals surface area contributed by atoms with Crippen LogP contribution < -0.4 is 12.4 Å². The third-order valence-electron chi connectivity index (χ3n) is 4.74. The monoisotopic (exact) mass is 339 g/mol. The molecule has 0 saturated heterocycles. The molecule has 134 valence electrons. The van der Waals surface area contributed by atoms with Crippen LogP contribution in [0.2, 0.25) is 0 Å². The molecule has 0 unspecified atom stereocenters. The van der Waals surface area contributed by atoms with Gasteiger partial charge in [0.2, 0.25) is 0 Å². The van der Waals surface area contributed by atoms with Crippen molar-refractivity contribution in [3.8, 4) is 0 Å². The van der Waals surface area contributed by atoms with Crippen LogP contribution in [0.25, 0.3) is 0 Å². The van der Waals surface area contributed by atoms with Gasteiger partial charge in [-0.05, 0) is 25.7 Å². The summed E-state index contributed by atoms with van der Waals surface area (Å²) in [6, 6.07) is 11.1. The smallest absolute Gasteiger partial charge is 0.104 e. The molecule has 0 saturated carbocycles. The van der Waals surface area contributed by atoms with E-state index in [9.17, 15) is 0 Å². The molecule has 0 radical (unpaired) electrons. The predicted octanol–water partition coefficient (Wildman–Crippen LogP) is 3.19. The van der Waals surface area contributed by atoms with Gasteiger partial charge in [0.15, 0.2) is 0 Å². The third-order valence-corrected chi connectivity index (χ3v) is 4.74. The fourth-order valence-corrected chi connectivity index (χ4v) is 3.72. The van der Waals surface area contributed by atoms with Crippen molar-refractivity contribution in [2.45, 2.75) is 78.7 Å². The Morgan fingerprint density at radius 3 is 1.78 bits per heavy atom. The largest absolute Gasteiger partial charge is 1.00 e. The second-order valence-electron chi connectivity index (χ2n) is 6.92. The van der Waals surface area contributed by atoms with Gasteiger partial charge in [0.25, 0.3) is 0 Å². The normalized spacial score (nSPS) is 11.3. The van der Waals surface area contributed by atoms with E-state index in [1.807, 2.05) is 0 Å². The van der Waals surface area contributed by atoms with E-state index in [0.29, 0.717) is 0 Å². The van der Waals surface area contributed by atoms with E-state index in [1.165, 1.54) is 87.6 Å². The maximum atomic E-state index is 2.34. The molecule has 1 aromatic carbocycles. The number of quaternary nitrogens is 1. The van der Waals surface area contributed by atoms with E-state index < -0.39 is 0 Å². The molecule has 0 fully saturated rings. The van der Waals surface area contributed by atoms with Gasteiger partial charge in [0.05, 0.1) is 19.6 Å². The minimum absolute atomic E-state index is 0. The Hall–Kier alpha value is -0.530. The van der Waals surface area contributed by atoms with Gasteiger partial charge in [0.1, 0.15) is 6.54 Å². The van der Waals surface area contributed by atoms with Gasteiger partial charge in [-0.1, -0.05) is 76.8 Å². The van der Waals surface area contributed by atoms with Crippen molar-refractivity contribution < 1.29 is 16.9 Å². The first kappa shape index (κ1) is 22.5. The van der Waals surface area contributed by atoms with Gasteiger partial charge in [-0.25, -0.2) is 0 Å². The number of nitrogens with zero attached hydrogens (tertiary/aromatic N) is 1. The second kappa shape index (κ2) is 13.9. The summed E-state index contributed by atoms with van der Waals surface area (Å²) >= 11 is 0. The molecule has 0 aliphatic carbocycles. The predicted molar refractivity (Wildman–Crippen MR) is 99.0 cm³/mol. The molecule has 0 aromatic heterocycles. The van der Waals surface area contributed by atoms with E-state index >= 15 is 0 Å². The molecule has 0 atom stereocenters. The average Bonchev–Trinajstić information content (AvgIpc) is 2.52. The molecule has 0 aliphatic heterocycles. The molecule has 0 heterocycles. The summed E-state index contributed by atoms with van der Waals surface area (Å²) in [6.07, 6.45) is 11.0. The zero-order valence-corrected chi connectivity index (χ0v) is 16.5. The topological polar surface area (TPSA) is 0 Å². The van der Waals surface area contributed by atoms with E-state index in [4.69, 9.17) is 0 Å². The van der Waals surface area contributed by atoms with Crippen molar-refractivity contribution in [2.24, 2.45) is 0 Å². The molecule has 2 heteroatoms. The van der Waals surface area contributed by atoms with Crippen molar-refractivity contribution in [1.29, 1.82) is 0 Å². The van der Waals surface area contributed by atoms with Crippen LogP contribution in [0.4, 0.5) is 0 Å². The number of hydrogen-bond donors (Lipinski definition) is 0. The third kappa shape index (κ3) is 9.37. The van der Waals surface area contributed by atoms with Crippen molar-refractivity contribution in [3.05, 3.63) is 35.9 Å². The van der Waals surface area contributed by atoms with Gasteiger partial charge >= 0.3 is 0 Å². The van der Waals surface area contributed by atoms with Crippen LogP contribution in [0.1, 0.15) is 77.7 Å². The maximum Gasteiger partial charge on any atom is 0.104 e. The summed E-state index contributed by atoms with van der Waals surface area (Å²) in [5.41, 5.74) is 1.51. The van der Waals surface area contributed by atoms with Crippen LogP contribution in [0, 0.1) is 0 Å². The summed E-state index contributed by atoms with van der Waals surface area (Å²) < 4.78 is 1.30. The van der Waals surface area contributed by atoms with E-state index in [-0.39, 0.29) is 12.4 Å². The van der Waals surface area contributed by atoms with Gasteiger partial charge < -0.3 is 16.9 Å². The van der Waals surface area contributed by atoms with Crippen LogP contribution in [0.5, 0.6) is 0 Å². The molecule has 1 rings (SSSR count). The number of halogens is 1. The highest BCUT2D eigenvalue weighted by atomic mass is 35.5. The summed E-state index contributed by atoms with van der Waals surface area (Å²) in [5.74, 6) is 0. The number of hydrogen-bond acceptors (Lipinski definition) is 0. The lowest BCUT2D eigenvalue weighted by Gasteiger charge is -2.39. The molecule has 0 bridgehead atoms. The lowest BCUT2D eigenvalue weighted by Crippen LogP contribution is -3.00. The quantitative estimate of drug-likeness (QED) is 0.382. The molecule has 23 heavy (non-hydrogen) atoms. The number of unbranched alkanes of at least 4 members (excludes halogenated alkanes) is 5. The van der Waals surface area contributed by atoms with Crippen LogP contribution in [-0.4, -0.2) is 24.1 Å². The van der Waals surface area contributed by atoms with Crippen molar-refractivity contribution >= 4 is 0 Å². The van der Waals surface area contributed by atoms with Gasteiger partial charge in [0, 0.05) is 5.56 Å². The summed E-state index contributed by atoms with van der Waals surface area (Å²) in [5, 5.41) is 0. The molecular formula is C21H38ClN.